The summed E-state index contributed by atoms with van der Waals surface area (Å²) in [7, 11) is 0. The van der Waals surface area contributed by atoms with Crippen LogP contribution in [0.15, 0.2) is 42.0 Å². The minimum atomic E-state index is -0.127. The average Bonchev–Trinajstić information content (AvgIpc) is 2.68. The maximum absolute atomic E-state index is 12.8. The van der Waals surface area contributed by atoms with Gasteiger partial charge in [0.05, 0.1) is 18.7 Å². The summed E-state index contributed by atoms with van der Waals surface area (Å²) in [5, 5.41) is 0.548. The standard InChI is InChI=1S/C20H17BrClNO2/c1-12-3-4-14(7-13(12)2)10-23-18-9-16(22)5-6-17(18)20(21)15(11-24)8-19(23)25/h3-7,9,11H,8,10H2,1-2H3. The van der Waals surface area contributed by atoms with Crippen molar-refractivity contribution in [3.8, 4) is 0 Å². The summed E-state index contributed by atoms with van der Waals surface area (Å²) in [6, 6.07) is 11.5. The molecule has 0 aromatic heterocycles. The third-order valence-corrected chi connectivity index (χ3v) is 5.64. The van der Waals surface area contributed by atoms with E-state index in [-0.39, 0.29) is 12.3 Å². The fraction of sp³-hybridized carbons (Fsp3) is 0.200. The summed E-state index contributed by atoms with van der Waals surface area (Å²) < 4.78 is 0.644. The molecule has 5 heteroatoms. The monoisotopic (exact) mass is 417 g/mol. The van der Waals surface area contributed by atoms with Crippen molar-refractivity contribution in [3.05, 3.63) is 69.2 Å². The van der Waals surface area contributed by atoms with Gasteiger partial charge in [-0.15, -0.1) is 0 Å². The molecule has 0 spiro atoms. The molecular weight excluding hydrogens is 402 g/mol. The summed E-state index contributed by atoms with van der Waals surface area (Å²) in [6.07, 6.45) is 0.793. The van der Waals surface area contributed by atoms with Gasteiger partial charge in [-0.3, -0.25) is 9.59 Å². The Morgan fingerprint density at radius 2 is 1.92 bits per heavy atom. The Labute approximate surface area is 160 Å². The Bertz CT molecular complexity index is 905. The molecule has 0 saturated carbocycles. The zero-order valence-electron chi connectivity index (χ0n) is 14.0. The Balaban J connectivity index is 2.09. The van der Waals surface area contributed by atoms with Crippen LogP contribution in [0.3, 0.4) is 0 Å². The minimum absolute atomic E-state index is 0.0568. The van der Waals surface area contributed by atoms with Gasteiger partial charge in [0.1, 0.15) is 6.29 Å². The molecule has 0 unspecified atom stereocenters. The number of nitrogens with zero attached hydrogens (tertiary/aromatic N) is 1. The first kappa shape index (κ1) is 17.9. The van der Waals surface area contributed by atoms with Crippen LogP contribution in [0.25, 0.3) is 4.48 Å². The van der Waals surface area contributed by atoms with E-state index < -0.39 is 0 Å². The number of hydrogen-bond donors (Lipinski definition) is 0. The van der Waals surface area contributed by atoms with E-state index in [2.05, 4.69) is 41.9 Å². The van der Waals surface area contributed by atoms with Gasteiger partial charge in [-0.1, -0.05) is 35.9 Å². The first-order valence-corrected chi connectivity index (χ1v) is 9.08. The van der Waals surface area contributed by atoms with Gasteiger partial charge in [0.25, 0.3) is 0 Å². The van der Waals surface area contributed by atoms with Crippen LogP contribution in [0.2, 0.25) is 5.02 Å². The second kappa shape index (κ2) is 7.14. The van der Waals surface area contributed by atoms with E-state index in [0.717, 1.165) is 17.4 Å². The van der Waals surface area contributed by atoms with E-state index in [0.29, 0.717) is 27.3 Å². The van der Waals surface area contributed by atoms with Gasteiger partial charge >= 0.3 is 0 Å². The first-order chi connectivity index (χ1) is 11.9. The molecule has 0 radical (unpaired) electrons. The molecule has 0 atom stereocenters. The highest BCUT2D eigenvalue weighted by Crippen LogP contribution is 2.39. The van der Waals surface area contributed by atoms with Crippen molar-refractivity contribution in [3.63, 3.8) is 0 Å². The summed E-state index contributed by atoms with van der Waals surface area (Å²) in [5.41, 5.74) is 5.37. The van der Waals surface area contributed by atoms with Crippen molar-refractivity contribution >= 4 is 49.9 Å². The second-order valence-corrected chi connectivity index (χ2v) is 7.42. The van der Waals surface area contributed by atoms with Crippen LogP contribution in [0, 0.1) is 13.8 Å². The minimum Gasteiger partial charge on any atom is -0.307 e. The summed E-state index contributed by atoms with van der Waals surface area (Å²) >= 11 is 9.65. The molecule has 3 rings (SSSR count). The van der Waals surface area contributed by atoms with Gasteiger partial charge in [0, 0.05) is 20.6 Å². The number of benzene rings is 2. The Kier molecular flexibility index (Phi) is 5.11. The largest absolute Gasteiger partial charge is 0.307 e. The lowest BCUT2D eigenvalue weighted by Crippen LogP contribution is -2.30. The lowest BCUT2D eigenvalue weighted by atomic mass is 10.1. The van der Waals surface area contributed by atoms with Crippen molar-refractivity contribution in [2.24, 2.45) is 0 Å². The van der Waals surface area contributed by atoms with Gasteiger partial charge in [-0.25, -0.2) is 0 Å². The van der Waals surface area contributed by atoms with Gasteiger partial charge in [0.2, 0.25) is 5.91 Å². The van der Waals surface area contributed by atoms with Crippen LogP contribution in [0.4, 0.5) is 5.69 Å². The molecule has 1 heterocycles. The van der Waals surface area contributed by atoms with Gasteiger partial charge in [0.15, 0.2) is 0 Å². The van der Waals surface area contributed by atoms with Crippen molar-refractivity contribution in [1.82, 2.24) is 0 Å². The molecular formula is C20H17BrClNO2. The molecule has 25 heavy (non-hydrogen) atoms. The lowest BCUT2D eigenvalue weighted by molar-refractivity contribution is -0.118. The first-order valence-electron chi connectivity index (χ1n) is 7.91. The van der Waals surface area contributed by atoms with Crippen molar-refractivity contribution in [1.29, 1.82) is 0 Å². The maximum Gasteiger partial charge on any atom is 0.231 e. The Hall–Kier alpha value is -1.91. The third-order valence-electron chi connectivity index (χ3n) is 4.47. The molecule has 128 valence electrons. The molecule has 0 bridgehead atoms. The molecule has 0 N–H and O–H groups in total. The lowest BCUT2D eigenvalue weighted by Gasteiger charge is -2.24. The number of amides is 1. The summed E-state index contributed by atoms with van der Waals surface area (Å²) in [6.45, 7) is 4.54. The molecule has 1 aliphatic rings. The highest BCUT2D eigenvalue weighted by Gasteiger charge is 2.27. The highest BCUT2D eigenvalue weighted by atomic mass is 79.9. The molecule has 0 aliphatic carbocycles. The second-order valence-electron chi connectivity index (χ2n) is 6.19. The molecule has 0 saturated heterocycles. The van der Waals surface area contributed by atoms with Crippen molar-refractivity contribution < 1.29 is 9.59 Å². The van der Waals surface area contributed by atoms with E-state index >= 15 is 0 Å². The van der Waals surface area contributed by atoms with Gasteiger partial charge in [-0.05, 0) is 58.6 Å². The fourth-order valence-corrected chi connectivity index (χ4v) is 3.64. The normalized spacial score (nSPS) is 14.4. The van der Waals surface area contributed by atoms with Crippen LogP contribution in [-0.2, 0) is 16.1 Å². The summed E-state index contributed by atoms with van der Waals surface area (Å²) in [5.74, 6) is -0.127. The zero-order chi connectivity index (χ0) is 18.1. The number of aldehydes is 1. The summed E-state index contributed by atoms with van der Waals surface area (Å²) in [4.78, 5) is 25.9. The average molecular weight is 419 g/mol. The quantitative estimate of drug-likeness (QED) is 0.643. The van der Waals surface area contributed by atoms with Crippen LogP contribution in [-0.4, -0.2) is 12.2 Å². The van der Waals surface area contributed by atoms with E-state index in [1.165, 1.54) is 11.1 Å². The topological polar surface area (TPSA) is 37.4 Å². The third kappa shape index (κ3) is 3.55. The highest BCUT2D eigenvalue weighted by molar-refractivity contribution is 9.15. The molecule has 2 aromatic carbocycles. The van der Waals surface area contributed by atoms with Crippen molar-refractivity contribution in [2.45, 2.75) is 26.8 Å². The number of halogens is 2. The Morgan fingerprint density at radius 3 is 2.60 bits per heavy atom. The van der Waals surface area contributed by atoms with E-state index in [9.17, 15) is 9.59 Å². The number of rotatable bonds is 3. The smallest absolute Gasteiger partial charge is 0.231 e. The van der Waals surface area contributed by atoms with Crippen LogP contribution in [0.1, 0.15) is 28.7 Å². The van der Waals surface area contributed by atoms with Gasteiger partial charge < -0.3 is 4.90 Å². The number of anilines is 1. The number of carbonyl (C=O) groups excluding carboxylic acids is 2. The molecule has 3 nitrogen and oxygen atoms in total. The zero-order valence-corrected chi connectivity index (χ0v) is 16.3. The van der Waals surface area contributed by atoms with Crippen LogP contribution in [0.5, 0.6) is 0 Å². The van der Waals surface area contributed by atoms with E-state index in [1.54, 1.807) is 17.0 Å². The predicted octanol–water partition coefficient (Wildman–Crippen LogP) is 5.20. The number of carbonyl (C=O) groups is 2. The van der Waals surface area contributed by atoms with E-state index in [1.807, 2.05) is 12.1 Å². The molecule has 2 aromatic rings. The predicted molar refractivity (Wildman–Crippen MR) is 105 cm³/mol. The molecule has 1 aliphatic heterocycles. The number of aryl methyl sites for hydroxylation is 2. The molecule has 1 amide bonds. The van der Waals surface area contributed by atoms with Crippen LogP contribution < -0.4 is 4.90 Å². The van der Waals surface area contributed by atoms with Crippen LogP contribution >= 0.6 is 27.5 Å². The van der Waals surface area contributed by atoms with E-state index in [4.69, 9.17) is 11.6 Å². The van der Waals surface area contributed by atoms with Crippen molar-refractivity contribution in [2.75, 3.05) is 4.90 Å². The molecule has 0 fully saturated rings. The Morgan fingerprint density at radius 1 is 1.16 bits per heavy atom. The number of fused-ring (bicyclic) bond motifs is 1. The van der Waals surface area contributed by atoms with Gasteiger partial charge in [-0.2, -0.15) is 0 Å². The number of hydrogen-bond acceptors (Lipinski definition) is 2. The SMILES string of the molecule is Cc1ccc(CN2C(=O)CC(C=O)=C(Br)c3ccc(Cl)cc32)cc1C. The fourth-order valence-electron chi connectivity index (χ4n) is 2.91. The maximum atomic E-state index is 12.8.